The van der Waals surface area contributed by atoms with Gasteiger partial charge in [-0.05, 0) is 11.6 Å². The van der Waals surface area contributed by atoms with Crippen molar-refractivity contribution in [2.45, 2.75) is 45.3 Å². The maximum atomic E-state index is 12.2. The lowest BCUT2D eigenvalue weighted by molar-refractivity contribution is -0.149. The number of ether oxygens (including phenoxy) is 3. The molecular weight excluding hydrogens is 340 g/mol. The van der Waals surface area contributed by atoms with Gasteiger partial charge in [0, 0.05) is 38.7 Å². The van der Waals surface area contributed by atoms with Crippen LogP contribution in [0.1, 0.15) is 33.1 Å². The van der Waals surface area contributed by atoms with Crippen LogP contribution >= 0.6 is 0 Å². The Morgan fingerprint density at radius 1 is 1.19 bits per heavy atom. The number of esters is 3. The Labute approximate surface area is 151 Å². The molecule has 0 unspecified atom stereocenters. The predicted octanol–water partition coefficient (Wildman–Crippen LogP) is 1.81. The number of hydrogen-bond donors (Lipinski definition) is 0. The minimum Gasteiger partial charge on any atom is -0.461 e. The van der Waals surface area contributed by atoms with Crippen molar-refractivity contribution < 1.29 is 33.4 Å². The molecule has 26 heavy (non-hydrogen) atoms. The number of ketones is 1. The maximum absolute atomic E-state index is 12.2. The van der Waals surface area contributed by atoms with Gasteiger partial charge in [-0.1, -0.05) is 18.7 Å². The van der Waals surface area contributed by atoms with E-state index in [2.05, 4.69) is 13.2 Å². The molecule has 1 fully saturated rings. The molecule has 1 aliphatic carbocycles. The summed E-state index contributed by atoms with van der Waals surface area (Å²) in [6.07, 6.45) is 0.497. The quantitative estimate of drug-likeness (QED) is 0.327. The van der Waals surface area contributed by atoms with Crippen LogP contribution in [-0.4, -0.2) is 42.5 Å². The van der Waals surface area contributed by atoms with Crippen LogP contribution in [0.4, 0.5) is 0 Å². The topological polar surface area (TPSA) is 96.0 Å². The molecule has 1 aliphatic heterocycles. The smallest absolute Gasteiger partial charge is 0.334 e. The third-order valence-corrected chi connectivity index (χ3v) is 4.20. The summed E-state index contributed by atoms with van der Waals surface area (Å²) < 4.78 is 15.7. The van der Waals surface area contributed by atoms with Crippen molar-refractivity contribution in [3.8, 4) is 0 Å². The summed E-state index contributed by atoms with van der Waals surface area (Å²) in [6.45, 7) is 10.1. The van der Waals surface area contributed by atoms with Crippen LogP contribution in [-0.2, 0) is 33.4 Å². The largest absolute Gasteiger partial charge is 0.461 e. The third kappa shape index (κ3) is 4.91. The minimum atomic E-state index is -0.761. The molecule has 0 saturated carbocycles. The number of carbonyl (C=O) groups is 4. The summed E-state index contributed by atoms with van der Waals surface area (Å²) in [6, 6.07) is 0. The van der Waals surface area contributed by atoms with E-state index in [-0.39, 0.29) is 37.2 Å². The van der Waals surface area contributed by atoms with Gasteiger partial charge in [-0.25, -0.2) is 4.79 Å². The standard InChI is InChI=1S/C19H22O7/c1-10-5-15(22)7-14(9-24-12(3)20)8-17-18(11(2)19(23)26-17)16(6-10)25-13(4)21/h8,16-18H,1-2,5-7,9H2,3-4H3/b14-8-/t16-,17+,18+/m0/s1. The van der Waals surface area contributed by atoms with Gasteiger partial charge >= 0.3 is 17.9 Å². The summed E-state index contributed by atoms with van der Waals surface area (Å²) in [4.78, 5) is 46.9. The molecule has 7 nitrogen and oxygen atoms in total. The van der Waals surface area contributed by atoms with Crippen molar-refractivity contribution in [3.63, 3.8) is 0 Å². The second-order valence-electron chi connectivity index (χ2n) is 6.52. The molecule has 0 aromatic carbocycles. The molecule has 3 atom stereocenters. The van der Waals surface area contributed by atoms with E-state index in [4.69, 9.17) is 14.2 Å². The zero-order valence-electron chi connectivity index (χ0n) is 14.9. The molecule has 0 aromatic heterocycles. The molecule has 1 saturated heterocycles. The molecule has 140 valence electrons. The average Bonchev–Trinajstić information content (AvgIpc) is 2.77. The van der Waals surface area contributed by atoms with Crippen LogP contribution in [0.5, 0.6) is 0 Å². The van der Waals surface area contributed by atoms with Gasteiger partial charge in [0.25, 0.3) is 0 Å². The fourth-order valence-corrected chi connectivity index (χ4v) is 3.17. The molecule has 0 radical (unpaired) electrons. The van der Waals surface area contributed by atoms with Gasteiger partial charge in [0.2, 0.25) is 0 Å². The number of fused-ring (bicyclic) bond motifs is 1. The molecule has 0 bridgehead atoms. The Bertz CT molecular complexity index is 701. The van der Waals surface area contributed by atoms with Crippen LogP contribution in [0, 0.1) is 5.92 Å². The third-order valence-electron chi connectivity index (χ3n) is 4.20. The molecule has 0 aromatic rings. The monoisotopic (exact) mass is 362 g/mol. The predicted molar refractivity (Wildman–Crippen MR) is 90.8 cm³/mol. The second-order valence-corrected chi connectivity index (χ2v) is 6.52. The van der Waals surface area contributed by atoms with Gasteiger partial charge in [-0.15, -0.1) is 0 Å². The molecule has 0 spiro atoms. The van der Waals surface area contributed by atoms with Gasteiger partial charge in [-0.2, -0.15) is 0 Å². The van der Waals surface area contributed by atoms with Gasteiger partial charge in [0.1, 0.15) is 24.6 Å². The van der Waals surface area contributed by atoms with E-state index >= 15 is 0 Å². The van der Waals surface area contributed by atoms with Gasteiger partial charge < -0.3 is 14.2 Å². The summed E-state index contributed by atoms with van der Waals surface area (Å²) in [5.41, 5.74) is 1.30. The number of Topliss-reactive ketones (excluding diaryl/α,β-unsaturated/α-hetero) is 1. The van der Waals surface area contributed by atoms with Crippen molar-refractivity contribution in [2.75, 3.05) is 6.61 Å². The lowest BCUT2D eigenvalue weighted by Crippen LogP contribution is -2.33. The van der Waals surface area contributed by atoms with Crippen LogP contribution in [0.25, 0.3) is 0 Å². The number of rotatable bonds is 3. The minimum absolute atomic E-state index is 0.0534. The fraction of sp³-hybridized carbons (Fsp3) is 0.474. The molecule has 2 rings (SSSR count). The van der Waals surface area contributed by atoms with Gasteiger partial charge in [0.15, 0.2) is 0 Å². The number of hydrogen-bond acceptors (Lipinski definition) is 7. The highest BCUT2D eigenvalue weighted by Gasteiger charge is 2.44. The molecular formula is C19H22O7. The van der Waals surface area contributed by atoms with Crippen LogP contribution < -0.4 is 0 Å². The lowest BCUT2D eigenvalue weighted by atomic mass is 9.84. The van der Waals surface area contributed by atoms with E-state index in [1.54, 1.807) is 6.08 Å². The Morgan fingerprint density at radius 3 is 2.50 bits per heavy atom. The fourth-order valence-electron chi connectivity index (χ4n) is 3.17. The SMILES string of the molecule is C=C1CC(=O)C/C(COC(C)=O)=C/[C@H]2OC(=O)C(=C)[C@@H]2[C@@H](OC(C)=O)C1. The van der Waals surface area contributed by atoms with Crippen molar-refractivity contribution >= 4 is 23.7 Å². The summed E-state index contributed by atoms with van der Waals surface area (Å²) in [7, 11) is 0. The molecule has 2 aliphatic rings. The van der Waals surface area contributed by atoms with Crippen molar-refractivity contribution in [2.24, 2.45) is 5.92 Å². The average molecular weight is 362 g/mol. The zero-order chi connectivity index (χ0) is 19.4. The number of carbonyl (C=O) groups excluding carboxylic acids is 4. The van der Waals surface area contributed by atoms with E-state index < -0.39 is 36.0 Å². The second kappa shape index (κ2) is 8.12. The Kier molecular flexibility index (Phi) is 6.13. The van der Waals surface area contributed by atoms with Crippen molar-refractivity contribution in [1.82, 2.24) is 0 Å². The first-order chi connectivity index (χ1) is 12.2. The van der Waals surface area contributed by atoms with Crippen LogP contribution in [0.15, 0.2) is 36.0 Å². The van der Waals surface area contributed by atoms with E-state index in [0.717, 1.165) is 0 Å². The summed E-state index contributed by atoms with van der Waals surface area (Å²) in [5.74, 6) is -2.29. The highest BCUT2D eigenvalue weighted by atomic mass is 16.6. The molecule has 1 heterocycles. The Morgan fingerprint density at radius 2 is 1.88 bits per heavy atom. The van der Waals surface area contributed by atoms with E-state index in [0.29, 0.717) is 11.1 Å². The summed E-state index contributed by atoms with van der Waals surface area (Å²) in [5, 5.41) is 0. The van der Waals surface area contributed by atoms with Gasteiger partial charge in [-0.3, -0.25) is 14.4 Å². The van der Waals surface area contributed by atoms with Crippen molar-refractivity contribution in [3.05, 3.63) is 36.0 Å². The van der Waals surface area contributed by atoms with Crippen LogP contribution in [0.2, 0.25) is 0 Å². The summed E-state index contributed by atoms with van der Waals surface area (Å²) >= 11 is 0. The molecule has 7 heteroatoms. The normalized spacial score (nSPS) is 28.5. The van der Waals surface area contributed by atoms with E-state index in [9.17, 15) is 19.2 Å². The first kappa shape index (κ1) is 19.6. The highest BCUT2D eigenvalue weighted by Crippen LogP contribution is 2.36. The van der Waals surface area contributed by atoms with E-state index in [1.807, 2.05) is 0 Å². The lowest BCUT2D eigenvalue weighted by Gasteiger charge is -2.27. The zero-order valence-corrected chi connectivity index (χ0v) is 14.9. The van der Waals surface area contributed by atoms with Crippen molar-refractivity contribution in [1.29, 1.82) is 0 Å². The molecule has 0 N–H and O–H groups in total. The first-order valence-electron chi connectivity index (χ1n) is 8.25. The van der Waals surface area contributed by atoms with Gasteiger partial charge in [0.05, 0.1) is 5.92 Å². The van der Waals surface area contributed by atoms with E-state index in [1.165, 1.54) is 13.8 Å². The molecule has 0 amide bonds. The van der Waals surface area contributed by atoms with Crippen LogP contribution in [0.3, 0.4) is 0 Å². The Balaban J connectivity index is 2.41. The Hall–Kier alpha value is -2.70. The first-order valence-corrected chi connectivity index (χ1v) is 8.25. The maximum Gasteiger partial charge on any atom is 0.334 e. The highest BCUT2D eigenvalue weighted by molar-refractivity contribution is 5.91.